The number of benzene rings is 1. The van der Waals surface area contributed by atoms with Gasteiger partial charge in [-0.3, -0.25) is 4.79 Å². The van der Waals surface area contributed by atoms with E-state index in [2.05, 4.69) is 37.2 Å². The number of hydrogen-bond donors (Lipinski definition) is 1. The van der Waals surface area contributed by atoms with E-state index in [9.17, 15) is 4.79 Å². The summed E-state index contributed by atoms with van der Waals surface area (Å²) in [5.41, 5.74) is 0.756. The van der Waals surface area contributed by atoms with E-state index in [4.69, 9.17) is 0 Å². The van der Waals surface area contributed by atoms with Crippen LogP contribution < -0.4 is 5.32 Å². The molecule has 0 aromatic heterocycles. The minimum atomic E-state index is 0.142. The van der Waals surface area contributed by atoms with Crippen LogP contribution in [0.2, 0.25) is 0 Å². The van der Waals surface area contributed by atoms with Crippen molar-refractivity contribution in [2.75, 3.05) is 26.2 Å². The molecular weight excluding hydrogens is 360 g/mol. The molecule has 3 rings (SSSR count). The van der Waals surface area contributed by atoms with E-state index in [0.717, 1.165) is 40.7 Å². The predicted molar refractivity (Wildman–Crippen MR) is 77.6 cm³/mol. The van der Waals surface area contributed by atoms with Gasteiger partial charge in [-0.15, -0.1) is 0 Å². The summed E-state index contributed by atoms with van der Waals surface area (Å²) in [5, 5.41) is 3.39. The van der Waals surface area contributed by atoms with Crippen molar-refractivity contribution in [1.29, 1.82) is 0 Å². The van der Waals surface area contributed by atoms with Crippen molar-refractivity contribution >= 4 is 37.8 Å². The van der Waals surface area contributed by atoms with E-state index in [-0.39, 0.29) is 5.91 Å². The van der Waals surface area contributed by atoms with Crippen LogP contribution in [-0.2, 0) is 0 Å². The van der Waals surface area contributed by atoms with Crippen LogP contribution in [0, 0.1) is 11.8 Å². The molecule has 2 unspecified atom stereocenters. The zero-order chi connectivity index (χ0) is 12.7. The molecule has 0 saturated carbocycles. The summed E-state index contributed by atoms with van der Waals surface area (Å²) in [6.07, 6.45) is 0. The van der Waals surface area contributed by atoms with Crippen molar-refractivity contribution in [3.05, 3.63) is 32.7 Å². The highest BCUT2D eigenvalue weighted by molar-refractivity contribution is 9.11. The SMILES string of the molecule is O=C(c1ccc(Br)cc1Br)N1CC2CNCC2C1. The molecular formula is C13H14Br2N2O. The Morgan fingerprint density at radius 2 is 1.89 bits per heavy atom. The van der Waals surface area contributed by atoms with Crippen molar-refractivity contribution in [3.8, 4) is 0 Å². The van der Waals surface area contributed by atoms with Gasteiger partial charge < -0.3 is 10.2 Å². The molecule has 3 nitrogen and oxygen atoms in total. The van der Waals surface area contributed by atoms with E-state index in [1.165, 1.54) is 0 Å². The third kappa shape index (κ3) is 2.24. The number of rotatable bonds is 1. The topological polar surface area (TPSA) is 32.3 Å². The monoisotopic (exact) mass is 372 g/mol. The smallest absolute Gasteiger partial charge is 0.255 e. The molecule has 1 amide bonds. The highest BCUT2D eigenvalue weighted by atomic mass is 79.9. The Morgan fingerprint density at radius 3 is 2.50 bits per heavy atom. The van der Waals surface area contributed by atoms with Crippen molar-refractivity contribution < 1.29 is 4.79 Å². The molecule has 1 N–H and O–H groups in total. The first-order valence-electron chi connectivity index (χ1n) is 6.10. The predicted octanol–water partition coefficient (Wildman–Crippen LogP) is 2.50. The van der Waals surface area contributed by atoms with Crippen LogP contribution >= 0.6 is 31.9 Å². The Balaban J connectivity index is 1.79. The third-order valence-electron chi connectivity index (χ3n) is 3.84. The molecule has 96 valence electrons. The lowest BCUT2D eigenvalue weighted by Gasteiger charge is -2.18. The third-order valence-corrected chi connectivity index (χ3v) is 4.99. The molecule has 0 bridgehead atoms. The summed E-state index contributed by atoms with van der Waals surface area (Å²) >= 11 is 6.87. The van der Waals surface area contributed by atoms with Crippen LogP contribution in [0.1, 0.15) is 10.4 Å². The molecule has 2 heterocycles. The normalized spacial score (nSPS) is 26.4. The number of carbonyl (C=O) groups excluding carboxylic acids is 1. The lowest BCUT2D eigenvalue weighted by Crippen LogP contribution is -2.32. The maximum absolute atomic E-state index is 12.5. The first kappa shape index (κ1) is 12.6. The van der Waals surface area contributed by atoms with E-state index in [0.29, 0.717) is 11.8 Å². The molecule has 5 heteroatoms. The number of fused-ring (bicyclic) bond motifs is 1. The fourth-order valence-corrected chi connectivity index (χ4v) is 4.07. The summed E-state index contributed by atoms with van der Waals surface area (Å²) in [7, 11) is 0. The fourth-order valence-electron chi connectivity index (χ4n) is 2.85. The van der Waals surface area contributed by atoms with E-state index in [1.807, 2.05) is 23.1 Å². The van der Waals surface area contributed by atoms with Crippen molar-refractivity contribution in [2.45, 2.75) is 0 Å². The van der Waals surface area contributed by atoms with Crippen molar-refractivity contribution in [1.82, 2.24) is 10.2 Å². The van der Waals surface area contributed by atoms with E-state index in [1.54, 1.807) is 0 Å². The van der Waals surface area contributed by atoms with Crippen LogP contribution in [-0.4, -0.2) is 37.0 Å². The molecule has 2 atom stereocenters. The standard InChI is InChI=1S/C13H14Br2N2O/c14-10-1-2-11(12(15)3-10)13(18)17-6-8-4-16-5-9(8)7-17/h1-3,8-9,16H,4-7H2. The number of hydrogen-bond acceptors (Lipinski definition) is 2. The first-order valence-corrected chi connectivity index (χ1v) is 7.69. The minimum Gasteiger partial charge on any atom is -0.338 e. The van der Waals surface area contributed by atoms with Crippen LogP contribution in [0.4, 0.5) is 0 Å². The van der Waals surface area contributed by atoms with E-state index < -0.39 is 0 Å². The molecule has 1 aromatic carbocycles. The summed E-state index contributed by atoms with van der Waals surface area (Å²) in [5.74, 6) is 1.43. The highest BCUT2D eigenvalue weighted by Gasteiger charge is 2.38. The second kappa shape index (κ2) is 4.94. The van der Waals surface area contributed by atoms with Gasteiger partial charge in [0.2, 0.25) is 0 Å². The van der Waals surface area contributed by atoms with Gasteiger partial charge in [-0.2, -0.15) is 0 Å². The Bertz CT molecular complexity index is 480. The second-order valence-electron chi connectivity index (χ2n) is 5.01. The zero-order valence-electron chi connectivity index (χ0n) is 9.83. The first-order chi connectivity index (χ1) is 8.65. The maximum Gasteiger partial charge on any atom is 0.255 e. The number of carbonyl (C=O) groups is 1. The van der Waals surface area contributed by atoms with Crippen LogP contribution in [0.25, 0.3) is 0 Å². The summed E-state index contributed by atoms with van der Waals surface area (Å²) in [4.78, 5) is 14.5. The zero-order valence-corrected chi connectivity index (χ0v) is 13.0. The van der Waals surface area contributed by atoms with Gasteiger partial charge in [0.1, 0.15) is 0 Å². The molecule has 18 heavy (non-hydrogen) atoms. The van der Waals surface area contributed by atoms with Gasteiger partial charge in [-0.25, -0.2) is 0 Å². The summed E-state index contributed by atoms with van der Waals surface area (Å²) in [6, 6.07) is 5.71. The van der Waals surface area contributed by atoms with Gasteiger partial charge in [0.15, 0.2) is 0 Å². The van der Waals surface area contributed by atoms with Crippen molar-refractivity contribution in [2.24, 2.45) is 11.8 Å². The summed E-state index contributed by atoms with van der Waals surface area (Å²) < 4.78 is 1.84. The molecule has 0 aliphatic carbocycles. The molecule has 2 aliphatic rings. The number of nitrogens with zero attached hydrogens (tertiary/aromatic N) is 1. The van der Waals surface area contributed by atoms with Gasteiger partial charge in [0.05, 0.1) is 5.56 Å². The number of amides is 1. The van der Waals surface area contributed by atoms with Crippen LogP contribution in [0.15, 0.2) is 27.1 Å². The van der Waals surface area contributed by atoms with Crippen LogP contribution in [0.5, 0.6) is 0 Å². The molecule has 2 fully saturated rings. The Labute approximate surface area is 123 Å². The van der Waals surface area contributed by atoms with Crippen molar-refractivity contribution in [3.63, 3.8) is 0 Å². The summed E-state index contributed by atoms with van der Waals surface area (Å²) in [6.45, 7) is 3.88. The fraction of sp³-hybridized carbons (Fsp3) is 0.462. The molecule has 0 spiro atoms. The average molecular weight is 374 g/mol. The van der Waals surface area contributed by atoms with Gasteiger partial charge >= 0.3 is 0 Å². The lowest BCUT2D eigenvalue weighted by molar-refractivity contribution is 0.0781. The molecule has 2 saturated heterocycles. The Kier molecular flexibility index (Phi) is 3.47. The van der Waals surface area contributed by atoms with E-state index >= 15 is 0 Å². The van der Waals surface area contributed by atoms with Gasteiger partial charge in [0.25, 0.3) is 5.91 Å². The largest absolute Gasteiger partial charge is 0.338 e. The lowest BCUT2D eigenvalue weighted by atomic mass is 10.0. The average Bonchev–Trinajstić information content (AvgIpc) is 2.87. The second-order valence-corrected chi connectivity index (χ2v) is 6.78. The number of halogens is 2. The van der Waals surface area contributed by atoms with Crippen LogP contribution in [0.3, 0.4) is 0 Å². The highest BCUT2D eigenvalue weighted by Crippen LogP contribution is 2.29. The maximum atomic E-state index is 12.5. The van der Waals surface area contributed by atoms with Gasteiger partial charge in [-0.1, -0.05) is 15.9 Å². The Morgan fingerprint density at radius 1 is 1.22 bits per heavy atom. The molecule has 2 aliphatic heterocycles. The number of nitrogens with one attached hydrogen (secondary N) is 1. The number of likely N-dealkylation sites (tertiary alicyclic amines) is 1. The quantitative estimate of drug-likeness (QED) is 0.820. The minimum absolute atomic E-state index is 0.142. The Hall–Kier alpha value is -0.390. The molecule has 1 aromatic rings. The molecule has 0 radical (unpaired) electrons. The van der Waals surface area contributed by atoms with Gasteiger partial charge in [-0.05, 0) is 46.0 Å². The van der Waals surface area contributed by atoms with Gasteiger partial charge in [0, 0.05) is 35.1 Å².